The van der Waals surface area contributed by atoms with E-state index in [1.54, 1.807) is 0 Å². The summed E-state index contributed by atoms with van der Waals surface area (Å²) in [5, 5.41) is 0. The third-order valence-corrected chi connectivity index (χ3v) is 3.26. The second-order valence-corrected chi connectivity index (χ2v) is 5.33. The molecule has 0 unspecified atom stereocenters. The number of hydrogen-bond acceptors (Lipinski definition) is 2. The van der Waals surface area contributed by atoms with Crippen LogP contribution in [0, 0.1) is 5.82 Å². The van der Waals surface area contributed by atoms with Gasteiger partial charge in [-0.25, -0.2) is 17.5 Å². The zero-order valence-corrected chi connectivity index (χ0v) is 10.1. The van der Waals surface area contributed by atoms with Gasteiger partial charge in [-0.2, -0.15) is 26.3 Å². The lowest BCUT2D eigenvalue weighted by Crippen LogP contribution is -2.36. The summed E-state index contributed by atoms with van der Waals surface area (Å²) in [7, 11) is -5.76. The van der Waals surface area contributed by atoms with Crippen molar-refractivity contribution in [2.45, 2.75) is 18.2 Å². The van der Waals surface area contributed by atoms with Crippen molar-refractivity contribution in [1.82, 2.24) is 4.72 Å². The van der Waals surface area contributed by atoms with Crippen LogP contribution in [0.2, 0.25) is 0 Å². The molecule has 1 aromatic carbocycles. The number of nitrogens with one attached hydrogen (secondary N) is 1. The molecule has 3 nitrogen and oxygen atoms in total. The average molecular weight is 325 g/mol. The Hall–Kier alpha value is -1.36. The topological polar surface area (TPSA) is 46.2 Å². The highest BCUT2D eigenvalue weighted by Gasteiger charge is 2.45. The van der Waals surface area contributed by atoms with Crippen molar-refractivity contribution >= 4 is 10.0 Å². The molecule has 0 saturated carbocycles. The summed E-state index contributed by atoms with van der Waals surface area (Å²) >= 11 is 0. The van der Waals surface area contributed by atoms with E-state index in [0.717, 1.165) is 4.72 Å². The Balaban J connectivity index is 3.00. The molecular weight excluding hydrogens is 319 g/mol. The zero-order valence-electron chi connectivity index (χ0n) is 9.31. The van der Waals surface area contributed by atoms with E-state index < -0.39 is 45.2 Å². The van der Waals surface area contributed by atoms with Crippen LogP contribution in [0.15, 0.2) is 18.2 Å². The van der Waals surface area contributed by atoms with E-state index in [1.165, 1.54) is 0 Å². The van der Waals surface area contributed by atoms with Gasteiger partial charge in [0.15, 0.2) is 0 Å². The molecule has 0 aliphatic rings. The van der Waals surface area contributed by atoms with Gasteiger partial charge in [0, 0.05) is 12.1 Å². The van der Waals surface area contributed by atoms with Crippen LogP contribution in [0.1, 0.15) is 11.1 Å². The predicted molar refractivity (Wildman–Crippen MR) is 53.2 cm³/mol. The molecule has 1 N–H and O–H groups in total. The van der Waals surface area contributed by atoms with Gasteiger partial charge in [0.2, 0.25) is 0 Å². The molecule has 0 fully saturated rings. The molecule has 0 spiro atoms. The number of hydrogen-bond donors (Lipinski definition) is 1. The highest BCUT2D eigenvalue weighted by Crippen LogP contribution is 2.30. The summed E-state index contributed by atoms with van der Waals surface area (Å²) in [6, 6.07) is 1.01. The first-order valence-electron chi connectivity index (χ1n) is 4.76. The van der Waals surface area contributed by atoms with Crippen molar-refractivity contribution in [3.8, 4) is 0 Å². The van der Waals surface area contributed by atoms with Crippen LogP contribution < -0.4 is 4.72 Å². The lowest BCUT2D eigenvalue weighted by Gasteiger charge is -2.12. The molecule has 20 heavy (non-hydrogen) atoms. The molecule has 1 aromatic rings. The minimum atomic E-state index is -5.76. The van der Waals surface area contributed by atoms with E-state index in [2.05, 4.69) is 0 Å². The Kier molecular flexibility index (Phi) is 4.34. The van der Waals surface area contributed by atoms with Crippen molar-refractivity contribution in [3.63, 3.8) is 0 Å². The van der Waals surface area contributed by atoms with Gasteiger partial charge >= 0.3 is 21.7 Å². The summed E-state index contributed by atoms with van der Waals surface area (Å²) in [5.74, 6) is -1.26. The minimum absolute atomic E-state index is 0.230. The SMILES string of the molecule is O=S(=O)(NCc1cc(C(F)(F)F)ccc1F)C(F)(F)F. The minimum Gasteiger partial charge on any atom is -0.207 e. The third-order valence-electron chi connectivity index (χ3n) is 2.13. The fourth-order valence-electron chi connectivity index (χ4n) is 1.14. The van der Waals surface area contributed by atoms with Gasteiger partial charge in [-0.3, -0.25) is 0 Å². The number of alkyl halides is 6. The smallest absolute Gasteiger partial charge is 0.207 e. The molecular formula is C9H6F7NO2S. The number of benzene rings is 1. The molecule has 0 saturated heterocycles. The van der Waals surface area contributed by atoms with Gasteiger partial charge in [-0.15, -0.1) is 0 Å². The van der Waals surface area contributed by atoms with Crippen molar-refractivity contribution in [3.05, 3.63) is 35.1 Å². The maximum atomic E-state index is 13.1. The van der Waals surface area contributed by atoms with Gasteiger partial charge in [-0.05, 0) is 18.2 Å². The van der Waals surface area contributed by atoms with Crippen LogP contribution in [-0.2, 0) is 22.7 Å². The highest BCUT2D eigenvalue weighted by molar-refractivity contribution is 7.90. The molecule has 0 amide bonds. The van der Waals surface area contributed by atoms with Crippen LogP contribution in [0.5, 0.6) is 0 Å². The van der Waals surface area contributed by atoms with E-state index >= 15 is 0 Å². The fraction of sp³-hybridized carbons (Fsp3) is 0.333. The maximum absolute atomic E-state index is 13.1. The molecule has 114 valence electrons. The Morgan fingerprint density at radius 2 is 1.60 bits per heavy atom. The summed E-state index contributed by atoms with van der Waals surface area (Å²) in [5.41, 5.74) is -7.79. The fourth-order valence-corrected chi connectivity index (χ4v) is 1.65. The van der Waals surface area contributed by atoms with Crippen LogP contribution in [0.3, 0.4) is 0 Å². The van der Waals surface area contributed by atoms with Crippen molar-refractivity contribution < 1.29 is 39.2 Å². The van der Waals surface area contributed by atoms with Crippen molar-refractivity contribution in [1.29, 1.82) is 0 Å². The van der Waals surface area contributed by atoms with Gasteiger partial charge in [0.1, 0.15) is 5.82 Å². The third kappa shape index (κ3) is 3.82. The van der Waals surface area contributed by atoms with E-state index in [9.17, 15) is 39.2 Å². The van der Waals surface area contributed by atoms with Crippen LogP contribution in [0.25, 0.3) is 0 Å². The maximum Gasteiger partial charge on any atom is 0.511 e. The van der Waals surface area contributed by atoms with Crippen molar-refractivity contribution in [2.75, 3.05) is 0 Å². The highest BCUT2D eigenvalue weighted by atomic mass is 32.2. The predicted octanol–water partition coefficient (Wildman–Crippen LogP) is 2.78. The zero-order chi connectivity index (χ0) is 15.8. The number of rotatable bonds is 3. The standard InChI is InChI=1S/C9H6F7NO2S/c10-7-2-1-6(8(11,12)13)3-5(7)4-17-20(18,19)9(14,15)16/h1-3,17H,4H2. The molecule has 0 radical (unpaired) electrons. The van der Waals surface area contributed by atoms with Gasteiger partial charge < -0.3 is 0 Å². The Morgan fingerprint density at radius 3 is 2.05 bits per heavy atom. The Labute approximate surface area is 108 Å². The van der Waals surface area contributed by atoms with Crippen molar-refractivity contribution in [2.24, 2.45) is 0 Å². The van der Waals surface area contributed by atoms with E-state index in [0.29, 0.717) is 12.1 Å². The second kappa shape index (κ2) is 5.20. The van der Waals surface area contributed by atoms with Gasteiger partial charge in [0.25, 0.3) is 0 Å². The first-order valence-corrected chi connectivity index (χ1v) is 6.24. The largest absolute Gasteiger partial charge is 0.511 e. The summed E-state index contributed by atoms with van der Waals surface area (Å²) in [4.78, 5) is 0. The Morgan fingerprint density at radius 1 is 1.05 bits per heavy atom. The lowest BCUT2D eigenvalue weighted by atomic mass is 10.1. The summed E-state index contributed by atoms with van der Waals surface area (Å²) < 4.78 is 108. The van der Waals surface area contributed by atoms with Crippen LogP contribution in [-0.4, -0.2) is 13.9 Å². The van der Waals surface area contributed by atoms with E-state index in [1.807, 2.05) is 0 Å². The number of halogens is 7. The summed E-state index contributed by atoms with van der Waals surface area (Å²) in [6.45, 7) is -1.25. The van der Waals surface area contributed by atoms with Crippen LogP contribution >= 0.6 is 0 Å². The molecule has 0 heterocycles. The molecule has 0 aliphatic carbocycles. The first kappa shape index (κ1) is 16.7. The molecule has 0 aromatic heterocycles. The van der Waals surface area contributed by atoms with E-state index in [4.69, 9.17) is 0 Å². The van der Waals surface area contributed by atoms with E-state index in [-0.39, 0.29) is 6.07 Å². The quantitative estimate of drug-likeness (QED) is 0.869. The lowest BCUT2D eigenvalue weighted by molar-refractivity contribution is -0.137. The first-order chi connectivity index (χ1) is 8.84. The normalized spacial score (nSPS) is 13.6. The monoisotopic (exact) mass is 325 g/mol. The molecule has 11 heteroatoms. The number of sulfonamides is 1. The molecule has 1 rings (SSSR count). The average Bonchev–Trinajstić information content (AvgIpc) is 2.24. The second-order valence-electron chi connectivity index (χ2n) is 3.57. The molecule has 0 aliphatic heterocycles. The van der Waals surface area contributed by atoms with Crippen LogP contribution in [0.4, 0.5) is 30.7 Å². The molecule has 0 bridgehead atoms. The molecule has 0 atom stereocenters. The Bertz CT molecular complexity index is 591. The summed E-state index contributed by atoms with van der Waals surface area (Å²) in [6.07, 6.45) is -4.83. The van der Waals surface area contributed by atoms with Gasteiger partial charge in [-0.1, -0.05) is 0 Å². The van der Waals surface area contributed by atoms with Gasteiger partial charge in [0.05, 0.1) is 5.56 Å².